The third kappa shape index (κ3) is 6.54. The molecular weight excluding hydrogens is 324 g/mol. The van der Waals surface area contributed by atoms with Crippen molar-refractivity contribution in [1.29, 1.82) is 0 Å². The molecule has 0 aliphatic heterocycles. The number of rotatable bonds is 0. The van der Waals surface area contributed by atoms with Gasteiger partial charge in [-0.3, -0.25) is 0 Å². The molecule has 0 bridgehead atoms. The van der Waals surface area contributed by atoms with Gasteiger partial charge >= 0.3 is 0 Å². The summed E-state index contributed by atoms with van der Waals surface area (Å²) in [5, 5.41) is 0. The number of allylic oxidation sites excluding steroid dienone is 4. The quantitative estimate of drug-likeness (QED) is 0.596. The van der Waals surface area contributed by atoms with Crippen LogP contribution in [0.1, 0.15) is 25.7 Å². The van der Waals surface area contributed by atoms with Gasteiger partial charge in [-0.1, -0.05) is 24.3 Å². The van der Waals surface area contributed by atoms with E-state index in [2.05, 4.69) is 24.3 Å². The normalized spacial score (nSPS) is 16.0. The molecule has 0 atom stereocenters. The Labute approximate surface area is 82.5 Å². The molecule has 1 rings (SSSR count). The van der Waals surface area contributed by atoms with Crippen molar-refractivity contribution in [3.8, 4) is 0 Å². The van der Waals surface area contributed by atoms with Crippen LogP contribution < -0.4 is 0 Å². The van der Waals surface area contributed by atoms with Crippen molar-refractivity contribution in [2.24, 2.45) is 0 Å². The Morgan fingerprint density at radius 3 is 1.00 bits per heavy atom. The first-order chi connectivity index (χ1) is 4.00. The van der Waals surface area contributed by atoms with E-state index in [4.69, 9.17) is 0 Å². The van der Waals surface area contributed by atoms with Crippen molar-refractivity contribution >= 4 is 12.4 Å². The summed E-state index contributed by atoms with van der Waals surface area (Å²) < 4.78 is 0. The third-order valence-electron chi connectivity index (χ3n) is 1.33. The van der Waals surface area contributed by atoms with Crippen LogP contribution in [-0.4, -0.2) is 0 Å². The minimum absolute atomic E-state index is 0. The minimum Gasteiger partial charge on any atom is -0.147 e. The van der Waals surface area contributed by atoms with Crippen LogP contribution in [0, 0.1) is 0 Å². The van der Waals surface area contributed by atoms with Crippen LogP contribution in [0.15, 0.2) is 24.3 Å². The molecule has 1 radical (unpaired) electrons. The molecule has 1 aliphatic rings. The predicted octanol–water partition coefficient (Wildman–Crippen LogP) is 3.09. The zero-order valence-electron chi connectivity index (χ0n) is 5.88. The molecule has 0 aromatic rings. The van der Waals surface area contributed by atoms with E-state index in [1.165, 1.54) is 25.7 Å². The van der Waals surface area contributed by atoms with Crippen molar-refractivity contribution in [2.75, 3.05) is 0 Å². The molecule has 0 amide bonds. The first kappa shape index (κ1) is 13.0. The largest absolute Gasteiger partial charge is 0.147 e. The topological polar surface area (TPSA) is 0 Å². The molecular formula is C8H13ClIr. The summed E-state index contributed by atoms with van der Waals surface area (Å²) in [5.41, 5.74) is 0. The number of hydrogen-bond donors (Lipinski definition) is 0. The van der Waals surface area contributed by atoms with Crippen LogP contribution in [0.25, 0.3) is 0 Å². The average molecular weight is 337 g/mol. The Bertz CT molecular complexity index is 81.8. The maximum absolute atomic E-state index is 2.27. The Balaban J connectivity index is 0. The molecule has 1 aliphatic carbocycles. The van der Waals surface area contributed by atoms with Crippen molar-refractivity contribution < 1.29 is 20.1 Å². The monoisotopic (exact) mass is 337 g/mol. The number of hydrogen-bond acceptors (Lipinski definition) is 0. The molecule has 0 saturated heterocycles. The maximum atomic E-state index is 2.27. The van der Waals surface area contributed by atoms with Crippen LogP contribution in [-0.2, 0) is 20.1 Å². The van der Waals surface area contributed by atoms with Crippen LogP contribution in [0.4, 0.5) is 0 Å². The zero-order chi connectivity index (χ0) is 5.66. The van der Waals surface area contributed by atoms with Gasteiger partial charge in [0, 0.05) is 20.1 Å². The first-order valence-electron chi connectivity index (χ1n) is 3.30. The second-order valence-corrected chi connectivity index (χ2v) is 2.10. The van der Waals surface area contributed by atoms with Crippen molar-refractivity contribution in [2.45, 2.75) is 25.7 Å². The Kier molecular flexibility index (Phi) is 12.3. The second-order valence-electron chi connectivity index (χ2n) is 2.10. The van der Waals surface area contributed by atoms with E-state index in [1.54, 1.807) is 0 Å². The van der Waals surface area contributed by atoms with E-state index in [9.17, 15) is 0 Å². The Morgan fingerprint density at radius 1 is 0.600 bits per heavy atom. The third-order valence-corrected chi connectivity index (χ3v) is 1.33. The van der Waals surface area contributed by atoms with Gasteiger partial charge in [-0.05, 0) is 25.7 Å². The van der Waals surface area contributed by atoms with E-state index in [0.29, 0.717) is 0 Å². The maximum Gasteiger partial charge on any atom is 0 e. The van der Waals surface area contributed by atoms with Crippen LogP contribution >= 0.6 is 12.4 Å². The summed E-state index contributed by atoms with van der Waals surface area (Å²) >= 11 is 0. The molecule has 0 heterocycles. The van der Waals surface area contributed by atoms with Gasteiger partial charge in [0.05, 0.1) is 0 Å². The molecule has 61 valence electrons. The van der Waals surface area contributed by atoms with Gasteiger partial charge in [0.1, 0.15) is 0 Å². The van der Waals surface area contributed by atoms with Crippen LogP contribution in [0.2, 0.25) is 0 Å². The predicted molar refractivity (Wildman–Crippen MR) is 44.0 cm³/mol. The van der Waals surface area contributed by atoms with Crippen molar-refractivity contribution in [3.05, 3.63) is 24.3 Å². The van der Waals surface area contributed by atoms with Gasteiger partial charge in [0.25, 0.3) is 0 Å². The summed E-state index contributed by atoms with van der Waals surface area (Å²) in [7, 11) is 0. The second kappa shape index (κ2) is 9.42. The molecule has 0 saturated carbocycles. The molecule has 0 N–H and O–H groups in total. The van der Waals surface area contributed by atoms with Crippen LogP contribution in [0.3, 0.4) is 0 Å². The van der Waals surface area contributed by atoms with Gasteiger partial charge in [-0.2, -0.15) is 0 Å². The molecule has 2 heteroatoms. The molecule has 0 fully saturated rings. The Hall–Kier alpha value is 0.419. The molecule has 0 unspecified atom stereocenters. The fourth-order valence-corrected chi connectivity index (χ4v) is 0.856. The standard InChI is InChI=1S/C8H12.ClH.Ir/c1-2-4-6-8-7-5-3-1;;/h1-2,7-8H,3-6H2;1H;. The van der Waals surface area contributed by atoms with Gasteiger partial charge < -0.3 is 0 Å². The summed E-state index contributed by atoms with van der Waals surface area (Å²) in [6.07, 6.45) is 14.0. The Morgan fingerprint density at radius 2 is 0.800 bits per heavy atom. The average Bonchev–Trinajstić information content (AvgIpc) is 1.62. The minimum atomic E-state index is 0. The molecule has 0 spiro atoms. The molecule has 10 heavy (non-hydrogen) atoms. The summed E-state index contributed by atoms with van der Waals surface area (Å²) in [6.45, 7) is 0. The van der Waals surface area contributed by atoms with E-state index in [1.807, 2.05) is 0 Å². The smallest absolute Gasteiger partial charge is 0 e. The fraction of sp³-hybridized carbons (Fsp3) is 0.500. The molecule has 0 nitrogen and oxygen atoms in total. The summed E-state index contributed by atoms with van der Waals surface area (Å²) in [6, 6.07) is 0. The summed E-state index contributed by atoms with van der Waals surface area (Å²) in [4.78, 5) is 0. The van der Waals surface area contributed by atoms with Gasteiger partial charge in [0.15, 0.2) is 0 Å². The number of halogens is 1. The van der Waals surface area contributed by atoms with Gasteiger partial charge in [-0.15, -0.1) is 12.4 Å². The van der Waals surface area contributed by atoms with E-state index < -0.39 is 0 Å². The van der Waals surface area contributed by atoms with Crippen LogP contribution in [0.5, 0.6) is 0 Å². The molecule has 0 aromatic carbocycles. The fourth-order valence-electron chi connectivity index (χ4n) is 0.856. The van der Waals surface area contributed by atoms with Gasteiger partial charge in [0.2, 0.25) is 0 Å². The zero-order valence-corrected chi connectivity index (χ0v) is 9.09. The van der Waals surface area contributed by atoms with E-state index in [0.717, 1.165) is 0 Å². The van der Waals surface area contributed by atoms with E-state index >= 15 is 0 Å². The summed E-state index contributed by atoms with van der Waals surface area (Å²) in [5.74, 6) is 0. The first-order valence-corrected chi connectivity index (χ1v) is 3.30. The SMILES string of the molecule is C1=CCCC=CCC1.Cl.[Ir]. The van der Waals surface area contributed by atoms with Crippen molar-refractivity contribution in [1.82, 2.24) is 0 Å². The van der Waals surface area contributed by atoms with E-state index in [-0.39, 0.29) is 32.5 Å². The molecule has 0 aromatic heterocycles. The van der Waals surface area contributed by atoms with Gasteiger partial charge in [-0.25, -0.2) is 0 Å². The van der Waals surface area contributed by atoms with Crippen molar-refractivity contribution in [3.63, 3.8) is 0 Å².